The highest BCUT2D eigenvalue weighted by molar-refractivity contribution is 7.00. The standard InChI is InChI=1S/C87H57BN8O2/c97-87(98-56-57-25-7-1-8-26-57)64-48-50-76-69(52-64)68-37-19-22-40-75(68)96(76)77-49-47-63(85-92-83(61-29-11-3-12-30-61)91-84(93-85)62-31-13-4-14-32-62)51-70(77)86-89-73(59-27-9-2-10-28-59)55-74(90-86)60-45-43-58(44-46-60)65-53-80-82-81(54-65)95(67-35-17-6-18-36-67)79-42-24-21-39-72(79)88(82)71-38-20-23-41-78(71)94(80)66-33-15-5-16-34-66/h1-55H,56H2. The lowest BCUT2D eigenvalue weighted by molar-refractivity contribution is 0.0473. The summed E-state index contributed by atoms with van der Waals surface area (Å²) in [5.41, 5.74) is 23.2. The Bertz CT molecular complexity index is 5550. The van der Waals surface area contributed by atoms with Gasteiger partial charge < -0.3 is 19.1 Å². The number of anilines is 6. The molecule has 0 bridgehead atoms. The molecule has 0 unspecified atom stereocenters. The summed E-state index contributed by atoms with van der Waals surface area (Å²) in [5, 5.41) is 1.85. The topological polar surface area (TPSA) is 102 Å². The molecule has 98 heavy (non-hydrogen) atoms. The number of aromatic nitrogens is 6. The van der Waals surface area contributed by atoms with Gasteiger partial charge in [-0.3, -0.25) is 0 Å². The van der Waals surface area contributed by atoms with E-state index in [2.05, 4.69) is 208 Å². The van der Waals surface area contributed by atoms with Gasteiger partial charge in [0, 0.05) is 78.3 Å². The van der Waals surface area contributed by atoms with E-state index in [0.717, 1.165) is 123 Å². The van der Waals surface area contributed by atoms with Gasteiger partial charge in [0.05, 0.1) is 33.7 Å². The van der Waals surface area contributed by atoms with Gasteiger partial charge in [-0.15, -0.1) is 0 Å². The second kappa shape index (κ2) is 24.3. The van der Waals surface area contributed by atoms with E-state index in [0.29, 0.717) is 28.9 Å². The van der Waals surface area contributed by atoms with Crippen molar-refractivity contribution in [2.75, 3.05) is 9.80 Å². The van der Waals surface area contributed by atoms with Crippen molar-refractivity contribution in [1.29, 1.82) is 0 Å². The Labute approximate surface area is 566 Å². The molecule has 0 saturated carbocycles. The molecule has 3 aromatic heterocycles. The summed E-state index contributed by atoms with van der Waals surface area (Å²) >= 11 is 0. The third-order valence-electron chi connectivity index (χ3n) is 18.8. The van der Waals surface area contributed by atoms with Crippen LogP contribution in [-0.2, 0) is 11.3 Å². The van der Waals surface area contributed by atoms with Gasteiger partial charge in [0.25, 0.3) is 6.71 Å². The third-order valence-corrected chi connectivity index (χ3v) is 18.8. The fourth-order valence-electron chi connectivity index (χ4n) is 14.2. The van der Waals surface area contributed by atoms with Crippen molar-refractivity contribution < 1.29 is 9.53 Å². The molecule has 0 amide bonds. The van der Waals surface area contributed by atoms with Crippen LogP contribution in [0, 0.1) is 0 Å². The van der Waals surface area contributed by atoms with Crippen molar-refractivity contribution in [3.8, 4) is 84.9 Å². The summed E-state index contributed by atoms with van der Waals surface area (Å²) in [4.78, 5) is 45.6. The SMILES string of the molecule is O=C(OCc1ccccc1)c1ccc2c(c1)c1ccccc1n2-c1ccc(-c2nc(-c3ccccc3)nc(-c3ccccc3)n2)cc1-c1nc(-c2ccccc2)cc(-c2ccc(-c3cc4c5c(c3)N(c3ccccc3)c3ccccc3B5c3ccccc3N4c3ccccc3)cc2)n1. The zero-order valence-corrected chi connectivity index (χ0v) is 52.9. The molecule has 0 atom stereocenters. The van der Waals surface area contributed by atoms with E-state index in [1.807, 2.05) is 140 Å². The van der Waals surface area contributed by atoms with Crippen molar-refractivity contribution in [3.63, 3.8) is 0 Å². The lowest BCUT2D eigenvalue weighted by Gasteiger charge is -2.44. The lowest BCUT2D eigenvalue weighted by atomic mass is 9.33. The molecular formula is C87H57BN8O2. The molecule has 0 aliphatic carbocycles. The fraction of sp³-hybridized carbons (Fsp3) is 0.0115. The molecule has 11 heteroatoms. The number of nitrogens with zero attached hydrogens (tertiary/aromatic N) is 8. The van der Waals surface area contributed by atoms with E-state index in [1.165, 1.54) is 16.4 Å². The van der Waals surface area contributed by atoms with Crippen LogP contribution in [-0.4, -0.2) is 42.2 Å². The average Bonchev–Trinajstić information content (AvgIpc) is 1.03. The monoisotopic (exact) mass is 1260 g/mol. The summed E-state index contributed by atoms with van der Waals surface area (Å²) in [6.45, 7) is 0.156. The second-order valence-electron chi connectivity index (χ2n) is 24.6. The van der Waals surface area contributed by atoms with Crippen LogP contribution in [0.2, 0.25) is 0 Å². The summed E-state index contributed by atoms with van der Waals surface area (Å²) < 4.78 is 8.16. The molecule has 2 aliphatic heterocycles. The van der Waals surface area contributed by atoms with Crippen LogP contribution >= 0.6 is 0 Å². The smallest absolute Gasteiger partial charge is 0.338 e. The molecule has 2 aliphatic rings. The van der Waals surface area contributed by atoms with Gasteiger partial charge in [0.1, 0.15) is 6.61 Å². The molecule has 5 heterocycles. The van der Waals surface area contributed by atoms with Gasteiger partial charge in [-0.25, -0.2) is 29.7 Å². The Morgan fingerprint density at radius 2 is 0.786 bits per heavy atom. The Balaban J connectivity index is 0.820. The second-order valence-corrected chi connectivity index (χ2v) is 24.6. The average molecular weight is 1260 g/mol. The molecule has 0 saturated heterocycles. The Kier molecular flexibility index (Phi) is 14.3. The minimum absolute atomic E-state index is 0.00423. The molecule has 18 rings (SSSR count). The summed E-state index contributed by atoms with van der Waals surface area (Å²) in [5.74, 6) is 1.66. The Morgan fingerprint density at radius 1 is 0.327 bits per heavy atom. The van der Waals surface area contributed by atoms with Crippen LogP contribution in [0.25, 0.3) is 107 Å². The molecule has 0 N–H and O–H groups in total. The highest BCUT2D eigenvalue weighted by Gasteiger charge is 2.43. The number of hydrogen-bond acceptors (Lipinski definition) is 9. The van der Waals surface area contributed by atoms with Crippen molar-refractivity contribution in [3.05, 3.63) is 345 Å². The maximum absolute atomic E-state index is 13.9. The molecule has 16 aromatic rings. The van der Waals surface area contributed by atoms with Gasteiger partial charge in [0.15, 0.2) is 23.3 Å². The predicted octanol–water partition coefficient (Wildman–Crippen LogP) is 18.9. The molecule has 13 aromatic carbocycles. The van der Waals surface area contributed by atoms with Crippen LogP contribution in [0.3, 0.4) is 0 Å². The summed E-state index contributed by atoms with van der Waals surface area (Å²) in [6.07, 6.45) is 0. The summed E-state index contributed by atoms with van der Waals surface area (Å²) in [7, 11) is 0. The number of para-hydroxylation sites is 5. The van der Waals surface area contributed by atoms with Gasteiger partial charge in [-0.05, 0) is 130 Å². The van der Waals surface area contributed by atoms with Crippen molar-refractivity contribution in [2.45, 2.75) is 6.61 Å². The Hall–Kier alpha value is -13.1. The van der Waals surface area contributed by atoms with Crippen molar-refractivity contribution >= 4 is 85.0 Å². The molecule has 10 nitrogen and oxygen atoms in total. The molecule has 0 spiro atoms. The van der Waals surface area contributed by atoms with E-state index < -0.39 is 5.97 Å². The van der Waals surface area contributed by atoms with Crippen LogP contribution in [0.4, 0.5) is 34.1 Å². The maximum Gasteiger partial charge on any atom is 0.338 e. The minimum Gasteiger partial charge on any atom is -0.457 e. The lowest BCUT2D eigenvalue weighted by Crippen LogP contribution is -2.61. The van der Waals surface area contributed by atoms with Gasteiger partial charge in [-0.2, -0.15) is 0 Å². The first-order chi connectivity index (χ1) is 48.5. The minimum atomic E-state index is -0.404. The van der Waals surface area contributed by atoms with Gasteiger partial charge in [0.2, 0.25) is 0 Å². The van der Waals surface area contributed by atoms with Crippen LogP contribution in [0.5, 0.6) is 0 Å². The highest BCUT2D eigenvalue weighted by atomic mass is 16.5. The molecule has 460 valence electrons. The number of benzene rings is 13. The third kappa shape index (κ3) is 10.2. The quantitative estimate of drug-likeness (QED) is 0.0825. The van der Waals surface area contributed by atoms with E-state index in [-0.39, 0.29) is 13.3 Å². The zero-order valence-electron chi connectivity index (χ0n) is 52.9. The number of carbonyl (C=O) groups is 1. The number of rotatable bonds is 13. The molecule has 0 radical (unpaired) electrons. The number of hydrogen-bond donors (Lipinski definition) is 0. The van der Waals surface area contributed by atoms with E-state index >= 15 is 0 Å². The molecule has 0 fully saturated rings. The fourth-order valence-corrected chi connectivity index (χ4v) is 14.2. The normalized spacial score (nSPS) is 12.1. The highest BCUT2D eigenvalue weighted by Crippen LogP contribution is 2.47. The number of carbonyl (C=O) groups excluding carboxylic acids is 1. The van der Waals surface area contributed by atoms with Crippen molar-refractivity contribution in [2.24, 2.45) is 0 Å². The largest absolute Gasteiger partial charge is 0.457 e. The van der Waals surface area contributed by atoms with E-state index in [1.54, 1.807) is 0 Å². The maximum atomic E-state index is 13.9. The van der Waals surface area contributed by atoms with Crippen molar-refractivity contribution in [1.82, 2.24) is 29.5 Å². The van der Waals surface area contributed by atoms with E-state index in [4.69, 9.17) is 29.7 Å². The van der Waals surface area contributed by atoms with Gasteiger partial charge >= 0.3 is 5.97 Å². The van der Waals surface area contributed by atoms with Crippen LogP contribution in [0.15, 0.2) is 334 Å². The zero-order chi connectivity index (χ0) is 65.0. The first-order valence-corrected chi connectivity index (χ1v) is 32.9. The first-order valence-electron chi connectivity index (χ1n) is 32.9. The number of esters is 1. The van der Waals surface area contributed by atoms with Crippen LogP contribution in [0.1, 0.15) is 15.9 Å². The Morgan fingerprint density at radius 3 is 1.37 bits per heavy atom. The number of ether oxygens (including phenoxy) is 1. The number of fused-ring (bicyclic) bond motifs is 7. The van der Waals surface area contributed by atoms with Gasteiger partial charge in [-0.1, -0.05) is 237 Å². The van der Waals surface area contributed by atoms with Crippen LogP contribution < -0.4 is 26.2 Å². The molecular weight excluding hydrogens is 1200 g/mol. The predicted molar refractivity (Wildman–Crippen MR) is 397 cm³/mol. The summed E-state index contributed by atoms with van der Waals surface area (Å²) in [6, 6.07) is 115. The van der Waals surface area contributed by atoms with E-state index in [9.17, 15) is 4.79 Å². The first kappa shape index (κ1) is 57.5.